The molecule has 4 heteroatoms. The second kappa shape index (κ2) is 6.75. The predicted octanol–water partition coefficient (Wildman–Crippen LogP) is 4.74. The van der Waals surface area contributed by atoms with E-state index in [2.05, 4.69) is 22.9 Å². The molecule has 0 bridgehead atoms. The van der Waals surface area contributed by atoms with Crippen LogP contribution < -0.4 is 9.47 Å². The highest BCUT2D eigenvalue weighted by molar-refractivity contribution is 9.10. The van der Waals surface area contributed by atoms with Gasteiger partial charge in [0.2, 0.25) is 0 Å². The fraction of sp³-hybridized carbons (Fsp3) is 0.250. The number of benzene rings is 2. The highest BCUT2D eigenvalue weighted by Crippen LogP contribution is 2.29. The third-order valence-corrected chi connectivity index (χ3v) is 3.62. The molecule has 0 unspecified atom stereocenters. The van der Waals surface area contributed by atoms with Gasteiger partial charge in [0.25, 0.3) is 0 Å². The molecule has 0 saturated heterocycles. The van der Waals surface area contributed by atoms with Gasteiger partial charge < -0.3 is 9.47 Å². The van der Waals surface area contributed by atoms with Gasteiger partial charge in [-0.1, -0.05) is 19.1 Å². The van der Waals surface area contributed by atoms with Crippen LogP contribution in [0.15, 0.2) is 40.9 Å². The lowest BCUT2D eigenvalue weighted by atomic mass is 10.1. The van der Waals surface area contributed by atoms with E-state index in [9.17, 15) is 4.39 Å². The molecule has 0 saturated carbocycles. The monoisotopic (exact) mass is 338 g/mol. The number of ether oxygens (including phenoxy) is 2. The summed E-state index contributed by atoms with van der Waals surface area (Å²) in [5, 5.41) is 0. The van der Waals surface area contributed by atoms with Crippen LogP contribution in [-0.4, -0.2) is 7.11 Å². The Morgan fingerprint density at radius 2 is 1.80 bits per heavy atom. The second-order valence-corrected chi connectivity index (χ2v) is 5.23. The molecule has 0 atom stereocenters. The molecule has 2 aromatic rings. The quantitative estimate of drug-likeness (QED) is 0.783. The van der Waals surface area contributed by atoms with Crippen molar-refractivity contribution in [3.8, 4) is 11.5 Å². The van der Waals surface area contributed by atoms with Crippen molar-refractivity contribution in [3.63, 3.8) is 0 Å². The molecular formula is C16H16BrFO2. The van der Waals surface area contributed by atoms with Gasteiger partial charge in [-0.25, -0.2) is 4.39 Å². The van der Waals surface area contributed by atoms with Crippen molar-refractivity contribution in [3.05, 3.63) is 57.8 Å². The van der Waals surface area contributed by atoms with Gasteiger partial charge in [0, 0.05) is 0 Å². The maximum absolute atomic E-state index is 13.2. The van der Waals surface area contributed by atoms with Crippen molar-refractivity contribution < 1.29 is 13.9 Å². The van der Waals surface area contributed by atoms with Crippen LogP contribution in [0.5, 0.6) is 11.5 Å². The molecule has 106 valence electrons. The largest absolute Gasteiger partial charge is 0.493 e. The smallest absolute Gasteiger partial charge is 0.161 e. The summed E-state index contributed by atoms with van der Waals surface area (Å²) < 4.78 is 24.7. The zero-order valence-corrected chi connectivity index (χ0v) is 13.0. The molecule has 2 rings (SSSR count). The van der Waals surface area contributed by atoms with Crippen LogP contribution in [-0.2, 0) is 13.0 Å². The van der Waals surface area contributed by atoms with Crippen LogP contribution in [0.4, 0.5) is 4.39 Å². The number of halogens is 2. The molecule has 0 fully saturated rings. The van der Waals surface area contributed by atoms with Gasteiger partial charge in [0.1, 0.15) is 12.4 Å². The predicted molar refractivity (Wildman–Crippen MR) is 80.8 cm³/mol. The zero-order valence-electron chi connectivity index (χ0n) is 11.5. The number of methoxy groups -OCH3 is 1. The van der Waals surface area contributed by atoms with Gasteiger partial charge in [0.15, 0.2) is 11.5 Å². The molecule has 0 aliphatic heterocycles. The first-order valence-corrected chi connectivity index (χ1v) is 7.17. The van der Waals surface area contributed by atoms with Gasteiger partial charge in [-0.05, 0) is 57.7 Å². The first-order valence-electron chi connectivity index (χ1n) is 6.37. The highest BCUT2D eigenvalue weighted by Gasteiger charge is 2.06. The Morgan fingerprint density at radius 1 is 1.05 bits per heavy atom. The number of rotatable bonds is 5. The summed E-state index contributed by atoms with van der Waals surface area (Å²) in [6.07, 6.45) is 0.946. The summed E-state index contributed by atoms with van der Waals surface area (Å²) in [5.74, 6) is 1.12. The van der Waals surface area contributed by atoms with E-state index in [1.54, 1.807) is 19.2 Å². The summed E-state index contributed by atoms with van der Waals surface area (Å²) in [7, 11) is 1.62. The third-order valence-electron chi connectivity index (χ3n) is 3.01. The van der Waals surface area contributed by atoms with Gasteiger partial charge in [-0.3, -0.25) is 0 Å². The van der Waals surface area contributed by atoms with E-state index < -0.39 is 0 Å². The first kappa shape index (κ1) is 14.9. The van der Waals surface area contributed by atoms with E-state index in [0.29, 0.717) is 22.6 Å². The molecule has 0 spiro atoms. The lowest BCUT2D eigenvalue weighted by Crippen LogP contribution is -1.98. The van der Waals surface area contributed by atoms with Crippen molar-refractivity contribution in [2.24, 2.45) is 0 Å². The Morgan fingerprint density at radius 3 is 2.45 bits per heavy atom. The maximum atomic E-state index is 13.2. The standard InChI is InChI=1S/C16H16BrFO2/c1-3-11-5-7-15(16(9-11)19-2)20-10-12-4-6-14(18)13(17)8-12/h4-9H,3,10H2,1-2H3. The zero-order chi connectivity index (χ0) is 14.5. The minimum Gasteiger partial charge on any atom is -0.493 e. The van der Waals surface area contributed by atoms with Gasteiger partial charge in [-0.2, -0.15) is 0 Å². The minimum atomic E-state index is -0.279. The summed E-state index contributed by atoms with van der Waals surface area (Å²) in [4.78, 5) is 0. The van der Waals surface area contributed by atoms with E-state index in [1.807, 2.05) is 18.2 Å². The Bertz CT molecular complexity index is 599. The fourth-order valence-corrected chi connectivity index (χ4v) is 2.27. The van der Waals surface area contributed by atoms with Crippen molar-refractivity contribution in [2.75, 3.05) is 7.11 Å². The van der Waals surface area contributed by atoms with E-state index in [4.69, 9.17) is 9.47 Å². The Hall–Kier alpha value is -1.55. The van der Waals surface area contributed by atoms with Crippen LogP contribution in [0.2, 0.25) is 0 Å². The molecular weight excluding hydrogens is 323 g/mol. The van der Waals surface area contributed by atoms with Crippen molar-refractivity contribution >= 4 is 15.9 Å². The lowest BCUT2D eigenvalue weighted by Gasteiger charge is -2.12. The fourth-order valence-electron chi connectivity index (χ4n) is 1.84. The summed E-state index contributed by atoms with van der Waals surface area (Å²) in [5.41, 5.74) is 2.08. The normalized spacial score (nSPS) is 10.4. The molecule has 0 amide bonds. The second-order valence-electron chi connectivity index (χ2n) is 4.38. The maximum Gasteiger partial charge on any atom is 0.161 e. The van der Waals surface area contributed by atoms with Crippen LogP contribution in [0.25, 0.3) is 0 Å². The van der Waals surface area contributed by atoms with Crippen LogP contribution >= 0.6 is 15.9 Å². The van der Waals surface area contributed by atoms with Crippen LogP contribution in [0, 0.1) is 5.82 Å². The summed E-state index contributed by atoms with van der Waals surface area (Å²) >= 11 is 3.16. The molecule has 20 heavy (non-hydrogen) atoms. The Labute approximate surface area is 126 Å². The average molecular weight is 339 g/mol. The van der Waals surface area contributed by atoms with Gasteiger partial charge >= 0.3 is 0 Å². The SMILES string of the molecule is CCc1ccc(OCc2ccc(F)c(Br)c2)c(OC)c1. The Kier molecular flexibility index (Phi) is 5.01. The summed E-state index contributed by atoms with van der Waals surface area (Å²) in [6.45, 7) is 2.45. The van der Waals surface area contributed by atoms with Crippen molar-refractivity contribution in [1.29, 1.82) is 0 Å². The minimum absolute atomic E-state index is 0.279. The van der Waals surface area contributed by atoms with E-state index in [1.165, 1.54) is 11.6 Å². The van der Waals surface area contributed by atoms with Crippen LogP contribution in [0.3, 0.4) is 0 Å². The molecule has 0 heterocycles. The molecule has 0 radical (unpaired) electrons. The van der Waals surface area contributed by atoms with Gasteiger partial charge in [-0.15, -0.1) is 0 Å². The van der Waals surface area contributed by atoms with Crippen LogP contribution in [0.1, 0.15) is 18.1 Å². The van der Waals surface area contributed by atoms with E-state index in [-0.39, 0.29) is 5.82 Å². The molecule has 0 aliphatic rings. The molecule has 0 aliphatic carbocycles. The number of hydrogen-bond acceptors (Lipinski definition) is 2. The topological polar surface area (TPSA) is 18.5 Å². The Balaban J connectivity index is 2.12. The van der Waals surface area contributed by atoms with Crippen molar-refractivity contribution in [2.45, 2.75) is 20.0 Å². The molecule has 2 aromatic carbocycles. The van der Waals surface area contributed by atoms with Gasteiger partial charge in [0.05, 0.1) is 11.6 Å². The molecule has 2 nitrogen and oxygen atoms in total. The lowest BCUT2D eigenvalue weighted by molar-refractivity contribution is 0.284. The first-order chi connectivity index (χ1) is 9.63. The number of aryl methyl sites for hydroxylation is 1. The van der Waals surface area contributed by atoms with Crippen molar-refractivity contribution in [1.82, 2.24) is 0 Å². The van der Waals surface area contributed by atoms with E-state index >= 15 is 0 Å². The van der Waals surface area contributed by atoms with E-state index in [0.717, 1.165) is 12.0 Å². The number of hydrogen-bond donors (Lipinski definition) is 0. The molecule has 0 N–H and O–H groups in total. The summed E-state index contributed by atoms with van der Waals surface area (Å²) in [6, 6.07) is 10.7. The highest BCUT2D eigenvalue weighted by atomic mass is 79.9. The average Bonchev–Trinajstić information content (AvgIpc) is 2.48. The third kappa shape index (κ3) is 3.51. The molecule has 0 aromatic heterocycles.